The predicted molar refractivity (Wildman–Crippen MR) is 73.8 cm³/mol. The van der Waals surface area contributed by atoms with Gasteiger partial charge in [-0.3, -0.25) is 9.78 Å². The Hall–Kier alpha value is -2.43. The summed E-state index contributed by atoms with van der Waals surface area (Å²) in [5.41, 5.74) is 1.37. The summed E-state index contributed by atoms with van der Waals surface area (Å²) in [6.45, 7) is 3.21. The highest BCUT2D eigenvalue weighted by Gasteiger charge is 2.05. The molecule has 2 aromatic rings. The van der Waals surface area contributed by atoms with Crippen LogP contribution in [-0.4, -0.2) is 22.4 Å². The minimum Gasteiger partial charge on any atom is -0.370 e. The van der Waals surface area contributed by atoms with Crippen LogP contribution in [0.3, 0.4) is 0 Å². The molecule has 19 heavy (non-hydrogen) atoms. The number of pyridine rings is 2. The topological polar surface area (TPSA) is 66.9 Å². The van der Waals surface area contributed by atoms with Gasteiger partial charge in [0, 0.05) is 18.9 Å². The van der Waals surface area contributed by atoms with E-state index in [4.69, 9.17) is 0 Å². The molecule has 2 aromatic heterocycles. The van der Waals surface area contributed by atoms with E-state index in [0.29, 0.717) is 12.1 Å². The molecule has 2 N–H and O–H groups in total. The summed E-state index contributed by atoms with van der Waals surface area (Å²) in [5.74, 6) is 0.616. The molecule has 0 spiro atoms. The van der Waals surface area contributed by atoms with Crippen LogP contribution < -0.4 is 10.6 Å². The van der Waals surface area contributed by atoms with Crippen LogP contribution in [-0.2, 0) is 6.54 Å². The van der Waals surface area contributed by atoms with E-state index in [0.717, 1.165) is 18.1 Å². The largest absolute Gasteiger partial charge is 0.370 e. The van der Waals surface area contributed by atoms with E-state index >= 15 is 0 Å². The second-order valence-corrected chi connectivity index (χ2v) is 3.97. The lowest BCUT2D eigenvalue weighted by molar-refractivity contribution is 0.0950. The highest BCUT2D eigenvalue weighted by atomic mass is 16.1. The number of rotatable bonds is 5. The third kappa shape index (κ3) is 3.77. The second-order valence-electron chi connectivity index (χ2n) is 3.97. The molecule has 0 bridgehead atoms. The number of carbonyl (C=O) groups is 1. The molecule has 0 radical (unpaired) electrons. The van der Waals surface area contributed by atoms with Gasteiger partial charge in [0.15, 0.2) is 0 Å². The van der Waals surface area contributed by atoms with Gasteiger partial charge in [-0.1, -0.05) is 6.07 Å². The molecular formula is C14H16N4O. The van der Waals surface area contributed by atoms with Crippen molar-refractivity contribution >= 4 is 11.7 Å². The first kappa shape index (κ1) is 13.0. The minimum absolute atomic E-state index is 0.152. The Labute approximate surface area is 112 Å². The predicted octanol–water partition coefficient (Wildman–Crippen LogP) is 1.84. The van der Waals surface area contributed by atoms with E-state index in [-0.39, 0.29) is 5.91 Å². The second kappa shape index (κ2) is 6.49. The number of amides is 1. The van der Waals surface area contributed by atoms with E-state index in [1.54, 1.807) is 24.5 Å². The Balaban J connectivity index is 1.92. The summed E-state index contributed by atoms with van der Waals surface area (Å²) in [6.07, 6.45) is 3.26. The smallest absolute Gasteiger partial charge is 0.253 e. The van der Waals surface area contributed by atoms with Crippen LogP contribution in [0, 0.1) is 0 Å². The average Bonchev–Trinajstić information content (AvgIpc) is 2.47. The van der Waals surface area contributed by atoms with Gasteiger partial charge >= 0.3 is 0 Å². The molecule has 0 saturated carbocycles. The number of carbonyl (C=O) groups excluding carboxylic acids is 1. The molecule has 0 fully saturated rings. The third-order valence-electron chi connectivity index (χ3n) is 2.54. The summed E-state index contributed by atoms with van der Waals surface area (Å²) in [4.78, 5) is 20.2. The van der Waals surface area contributed by atoms with Crippen LogP contribution in [0.15, 0.2) is 42.7 Å². The van der Waals surface area contributed by atoms with E-state index in [1.165, 1.54) is 0 Å². The molecule has 0 aromatic carbocycles. The van der Waals surface area contributed by atoms with Gasteiger partial charge in [0.25, 0.3) is 5.91 Å². The zero-order valence-corrected chi connectivity index (χ0v) is 10.8. The van der Waals surface area contributed by atoms with Crippen molar-refractivity contribution in [3.8, 4) is 0 Å². The zero-order chi connectivity index (χ0) is 13.5. The van der Waals surface area contributed by atoms with E-state index < -0.39 is 0 Å². The maximum absolute atomic E-state index is 11.9. The van der Waals surface area contributed by atoms with Crippen molar-refractivity contribution in [2.75, 3.05) is 11.9 Å². The van der Waals surface area contributed by atoms with Crippen LogP contribution >= 0.6 is 0 Å². The Kier molecular flexibility index (Phi) is 4.44. The maximum Gasteiger partial charge on any atom is 0.253 e. The van der Waals surface area contributed by atoms with Crippen LogP contribution in [0.1, 0.15) is 23.0 Å². The molecule has 0 saturated heterocycles. The average molecular weight is 256 g/mol. The molecule has 0 atom stereocenters. The molecule has 0 aliphatic heterocycles. The van der Waals surface area contributed by atoms with Gasteiger partial charge in [0.05, 0.1) is 17.8 Å². The normalized spacial score (nSPS) is 9.95. The van der Waals surface area contributed by atoms with Gasteiger partial charge < -0.3 is 10.6 Å². The van der Waals surface area contributed by atoms with Gasteiger partial charge in [-0.25, -0.2) is 4.98 Å². The zero-order valence-electron chi connectivity index (χ0n) is 10.8. The van der Waals surface area contributed by atoms with Crippen LogP contribution in [0.5, 0.6) is 0 Å². The van der Waals surface area contributed by atoms with Gasteiger partial charge in [0.2, 0.25) is 0 Å². The summed E-state index contributed by atoms with van der Waals surface area (Å²) >= 11 is 0. The lowest BCUT2D eigenvalue weighted by Gasteiger charge is -2.06. The van der Waals surface area contributed by atoms with Crippen molar-refractivity contribution in [3.63, 3.8) is 0 Å². The summed E-state index contributed by atoms with van der Waals surface area (Å²) in [7, 11) is 0. The van der Waals surface area contributed by atoms with Gasteiger partial charge in [-0.05, 0) is 31.2 Å². The molecule has 2 heterocycles. The highest BCUT2D eigenvalue weighted by Crippen LogP contribution is 2.05. The van der Waals surface area contributed by atoms with E-state index in [2.05, 4.69) is 20.6 Å². The van der Waals surface area contributed by atoms with Crippen molar-refractivity contribution in [2.24, 2.45) is 0 Å². The molecule has 98 valence electrons. The first-order chi connectivity index (χ1) is 9.29. The molecular weight excluding hydrogens is 240 g/mol. The van der Waals surface area contributed by atoms with Crippen LogP contribution in [0.2, 0.25) is 0 Å². The Morgan fingerprint density at radius 2 is 2.11 bits per heavy atom. The molecule has 5 nitrogen and oxygen atoms in total. The summed E-state index contributed by atoms with van der Waals surface area (Å²) in [5, 5.41) is 5.88. The molecule has 2 rings (SSSR count). The first-order valence-electron chi connectivity index (χ1n) is 6.17. The lowest BCUT2D eigenvalue weighted by Crippen LogP contribution is -2.23. The van der Waals surface area contributed by atoms with Crippen LogP contribution in [0.4, 0.5) is 5.82 Å². The van der Waals surface area contributed by atoms with E-state index in [9.17, 15) is 4.79 Å². The maximum atomic E-state index is 11.9. The summed E-state index contributed by atoms with van der Waals surface area (Å²) in [6, 6.07) is 9.14. The first-order valence-corrected chi connectivity index (χ1v) is 6.17. The molecule has 1 amide bonds. The standard InChI is InChI=1S/C14H16N4O/c1-2-15-13-7-6-11(9-17-13)14(19)18-10-12-5-3-4-8-16-12/h3-9H,2,10H2,1H3,(H,15,17)(H,18,19). The monoisotopic (exact) mass is 256 g/mol. The van der Waals surface area contributed by atoms with E-state index in [1.807, 2.05) is 25.1 Å². The van der Waals surface area contributed by atoms with Crippen LogP contribution in [0.25, 0.3) is 0 Å². The Bertz CT molecular complexity index is 525. The number of nitrogens with zero attached hydrogens (tertiary/aromatic N) is 2. The number of hydrogen-bond donors (Lipinski definition) is 2. The summed E-state index contributed by atoms with van der Waals surface area (Å²) < 4.78 is 0. The van der Waals surface area contributed by atoms with Gasteiger partial charge in [0.1, 0.15) is 5.82 Å². The van der Waals surface area contributed by atoms with Crippen molar-refractivity contribution in [3.05, 3.63) is 54.0 Å². The van der Waals surface area contributed by atoms with Crippen molar-refractivity contribution in [1.29, 1.82) is 0 Å². The molecule has 0 unspecified atom stereocenters. The molecule has 0 aliphatic rings. The fraction of sp³-hybridized carbons (Fsp3) is 0.214. The number of aromatic nitrogens is 2. The molecule has 0 aliphatic carbocycles. The Morgan fingerprint density at radius 3 is 2.74 bits per heavy atom. The highest BCUT2D eigenvalue weighted by molar-refractivity contribution is 5.93. The quantitative estimate of drug-likeness (QED) is 0.856. The minimum atomic E-state index is -0.152. The third-order valence-corrected chi connectivity index (χ3v) is 2.54. The number of hydrogen-bond acceptors (Lipinski definition) is 4. The fourth-order valence-electron chi connectivity index (χ4n) is 1.59. The Morgan fingerprint density at radius 1 is 1.21 bits per heavy atom. The van der Waals surface area contributed by atoms with Crippen molar-refractivity contribution in [2.45, 2.75) is 13.5 Å². The number of nitrogens with one attached hydrogen (secondary N) is 2. The number of anilines is 1. The van der Waals surface area contributed by atoms with Gasteiger partial charge in [-0.2, -0.15) is 0 Å². The lowest BCUT2D eigenvalue weighted by atomic mass is 10.2. The fourth-order valence-corrected chi connectivity index (χ4v) is 1.59. The van der Waals surface area contributed by atoms with Gasteiger partial charge in [-0.15, -0.1) is 0 Å². The van der Waals surface area contributed by atoms with Crippen molar-refractivity contribution in [1.82, 2.24) is 15.3 Å². The molecule has 5 heteroatoms. The van der Waals surface area contributed by atoms with Crippen molar-refractivity contribution < 1.29 is 4.79 Å². The SMILES string of the molecule is CCNc1ccc(C(=O)NCc2ccccn2)cn1.